The maximum absolute atomic E-state index is 13.0. The first kappa shape index (κ1) is 27.4. The molecular formula is C19H12BrF6N7O4. The Morgan fingerprint density at radius 3 is 2.24 bits per heavy atom. The quantitative estimate of drug-likeness (QED) is 0.136. The summed E-state index contributed by atoms with van der Waals surface area (Å²) in [5.74, 6) is -1.40. The van der Waals surface area contributed by atoms with E-state index in [0.29, 0.717) is 4.47 Å². The molecule has 3 rings (SSSR count). The van der Waals surface area contributed by atoms with Gasteiger partial charge in [-0.05, 0) is 30.3 Å². The van der Waals surface area contributed by atoms with E-state index < -0.39 is 41.3 Å². The summed E-state index contributed by atoms with van der Waals surface area (Å²) in [6, 6.07) is 7.51. The van der Waals surface area contributed by atoms with E-state index in [2.05, 4.69) is 51.5 Å². The molecule has 3 N–H and O–H groups in total. The van der Waals surface area contributed by atoms with Gasteiger partial charge in [0.2, 0.25) is 5.95 Å². The number of nitro groups is 1. The van der Waals surface area contributed by atoms with Crippen molar-refractivity contribution in [2.75, 3.05) is 10.7 Å². The van der Waals surface area contributed by atoms with E-state index in [0.717, 1.165) is 18.3 Å². The Labute approximate surface area is 210 Å². The van der Waals surface area contributed by atoms with Crippen molar-refractivity contribution in [2.45, 2.75) is 18.5 Å². The van der Waals surface area contributed by atoms with Crippen LogP contribution in [0.15, 0.2) is 52.0 Å². The van der Waals surface area contributed by atoms with Crippen LogP contribution in [0.4, 0.5) is 49.6 Å². The number of ether oxygens (including phenoxy) is 1. The summed E-state index contributed by atoms with van der Waals surface area (Å²) >= 11 is 3.18. The summed E-state index contributed by atoms with van der Waals surface area (Å²) in [7, 11) is 0. The molecule has 0 saturated carbocycles. The molecule has 1 heterocycles. The molecule has 37 heavy (non-hydrogen) atoms. The highest BCUT2D eigenvalue weighted by atomic mass is 79.9. The van der Waals surface area contributed by atoms with Gasteiger partial charge < -0.3 is 15.2 Å². The summed E-state index contributed by atoms with van der Waals surface area (Å²) in [6.07, 6.45) is -14.9. The third kappa shape index (κ3) is 7.63. The van der Waals surface area contributed by atoms with Crippen molar-refractivity contribution in [2.24, 2.45) is 5.10 Å². The van der Waals surface area contributed by atoms with Gasteiger partial charge in [-0.2, -0.15) is 46.4 Å². The van der Waals surface area contributed by atoms with Crippen molar-refractivity contribution in [3.05, 3.63) is 62.6 Å². The molecule has 1 aromatic heterocycles. The van der Waals surface area contributed by atoms with Crippen LogP contribution in [0.5, 0.6) is 11.8 Å². The number of hydrazone groups is 1. The van der Waals surface area contributed by atoms with Crippen LogP contribution in [0.3, 0.4) is 0 Å². The minimum atomic E-state index is -5.85. The van der Waals surface area contributed by atoms with Crippen molar-refractivity contribution in [1.82, 2.24) is 15.0 Å². The average Bonchev–Trinajstić information content (AvgIpc) is 2.78. The van der Waals surface area contributed by atoms with Crippen molar-refractivity contribution in [3.63, 3.8) is 0 Å². The third-order valence-corrected chi connectivity index (χ3v) is 4.62. The number of aromatic nitrogens is 3. The molecule has 0 saturated heterocycles. The number of phenols is 1. The number of nitro benzene ring substituents is 1. The predicted octanol–water partition coefficient (Wildman–Crippen LogP) is 5.31. The first-order chi connectivity index (χ1) is 17.2. The first-order valence-electron chi connectivity index (χ1n) is 9.57. The molecule has 0 unspecified atom stereocenters. The zero-order valence-electron chi connectivity index (χ0n) is 17.7. The van der Waals surface area contributed by atoms with Crippen LogP contribution in [0.1, 0.15) is 5.56 Å². The molecule has 0 atom stereocenters. The number of nitrogens with zero attached hydrogens (tertiary/aromatic N) is 5. The summed E-state index contributed by atoms with van der Waals surface area (Å²) in [6.45, 7) is 0. The van der Waals surface area contributed by atoms with Gasteiger partial charge in [0.25, 0.3) is 17.7 Å². The highest BCUT2D eigenvalue weighted by Crippen LogP contribution is 2.36. The number of rotatable bonds is 8. The SMILES string of the molecule is O=[N+]([O-])c1ccc(Nc2nc(N/N=C/c3cc(Br)ccc3O)nc(OC(C(F)(F)F)C(F)(F)F)n2)cc1. The van der Waals surface area contributed by atoms with Crippen LogP contribution in [0.2, 0.25) is 0 Å². The number of hydrogen-bond acceptors (Lipinski definition) is 10. The van der Waals surface area contributed by atoms with Gasteiger partial charge in [0.05, 0.1) is 11.1 Å². The lowest BCUT2D eigenvalue weighted by Gasteiger charge is -2.22. The Morgan fingerprint density at radius 2 is 1.65 bits per heavy atom. The Kier molecular flexibility index (Phi) is 7.99. The van der Waals surface area contributed by atoms with Crippen LogP contribution in [0, 0.1) is 10.1 Å². The van der Waals surface area contributed by atoms with E-state index in [9.17, 15) is 41.6 Å². The Hall–Kier alpha value is -4.22. The van der Waals surface area contributed by atoms with E-state index in [1.807, 2.05) is 0 Å². The van der Waals surface area contributed by atoms with E-state index in [1.165, 1.54) is 30.3 Å². The molecule has 3 aromatic rings. The number of hydrogen-bond donors (Lipinski definition) is 3. The van der Waals surface area contributed by atoms with Crippen LogP contribution in [0.25, 0.3) is 0 Å². The second-order valence-corrected chi connectivity index (χ2v) is 7.76. The van der Waals surface area contributed by atoms with Gasteiger partial charge in [0.15, 0.2) is 0 Å². The maximum atomic E-state index is 13.0. The fourth-order valence-corrected chi connectivity index (χ4v) is 2.90. The van der Waals surface area contributed by atoms with Gasteiger partial charge in [0, 0.05) is 27.9 Å². The zero-order chi connectivity index (χ0) is 27.4. The number of halogens is 7. The van der Waals surface area contributed by atoms with Crippen LogP contribution in [-0.4, -0.2) is 49.7 Å². The Bertz CT molecular complexity index is 1290. The highest BCUT2D eigenvalue weighted by Gasteiger charge is 2.59. The molecule has 0 aliphatic rings. The predicted molar refractivity (Wildman–Crippen MR) is 120 cm³/mol. The van der Waals surface area contributed by atoms with E-state index >= 15 is 0 Å². The van der Waals surface area contributed by atoms with E-state index in [-0.39, 0.29) is 22.7 Å². The largest absolute Gasteiger partial charge is 0.507 e. The number of alkyl halides is 6. The maximum Gasteiger partial charge on any atom is 0.434 e. The number of benzene rings is 2. The topological polar surface area (TPSA) is 148 Å². The fraction of sp³-hybridized carbons (Fsp3) is 0.158. The van der Waals surface area contributed by atoms with Crippen LogP contribution < -0.4 is 15.5 Å². The number of nitrogens with one attached hydrogen (secondary N) is 2. The summed E-state index contributed by atoms with van der Waals surface area (Å²) in [4.78, 5) is 20.7. The summed E-state index contributed by atoms with van der Waals surface area (Å²) in [5, 5.41) is 26.8. The van der Waals surface area contributed by atoms with Gasteiger partial charge >= 0.3 is 18.4 Å². The van der Waals surface area contributed by atoms with E-state index in [1.54, 1.807) is 0 Å². The molecule has 0 aliphatic heterocycles. The second-order valence-electron chi connectivity index (χ2n) is 6.85. The fourth-order valence-electron chi connectivity index (χ4n) is 2.52. The van der Waals surface area contributed by atoms with Crippen LogP contribution >= 0.6 is 15.9 Å². The molecule has 2 aromatic carbocycles. The standard InChI is InChI=1S/C19H12BrF6N7O4/c20-10-1-6-13(34)9(7-10)8-27-32-16-29-15(28-11-2-4-12(5-3-11)33(35)36)30-17(31-16)37-14(18(21,22)23)19(24,25)26/h1-8,14,34H,(H2,28,29,30,31,32)/b27-8+. The second kappa shape index (κ2) is 10.8. The first-order valence-corrected chi connectivity index (χ1v) is 10.4. The van der Waals surface area contributed by atoms with E-state index in [4.69, 9.17) is 0 Å². The van der Waals surface area contributed by atoms with Gasteiger partial charge in [-0.25, -0.2) is 5.43 Å². The molecule has 0 fully saturated rings. The van der Waals surface area contributed by atoms with Gasteiger partial charge in [0.1, 0.15) is 5.75 Å². The smallest absolute Gasteiger partial charge is 0.434 e. The molecule has 0 spiro atoms. The molecule has 11 nitrogen and oxygen atoms in total. The number of non-ortho nitro benzene ring substituents is 1. The lowest BCUT2D eigenvalue weighted by atomic mass is 10.2. The minimum absolute atomic E-state index is 0.0967. The number of phenolic OH excluding ortho intramolecular Hbond substituents is 1. The summed E-state index contributed by atoms with van der Waals surface area (Å²) in [5.41, 5.74) is 2.19. The van der Waals surface area contributed by atoms with Crippen LogP contribution in [-0.2, 0) is 0 Å². The van der Waals surface area contributed by atoms with Crippen molar-refractivity contribution in [1.29, 1.82) is 0 Å². The monoisotopic (exact) mass is 595 g/mol. The number of aromatic hydroxyl groups is 1. The molecule has 0 bridgehead atoms. The normalized spacial score (nSPS) is 12.1. The minimum Gasteiger partial charge on any atom is -0.507 e. The Morgan fingerprint density at radius 1 is 1.03 bits per heavy atom. The number of anilines is 3. The highest BCUT2D eigenvalue weighted by molar-refractivity contribution is 9.10. The molecular weight excluding hydrogens is 584 g/mol. The van der Waals surface area contributed by atoms with Gasteiger partial charge in [-0.1, -0.05) is 15.9 Å². The van der Waals surface area contributed by atoms with Crippen molar-refractivity contribution >= 4 is 45.4 Å². The average molecular weight is 596 g/mol. The summed E-state index contributed by atoms with van der Waals surface area (Å²) < 4.78 is 82.4. The van der Waals surface area contributed by atoms with Gasteiger partial charge in [-0.3, -0.25) is 10.1 Å². The molecule has 0 amide bonds. The third-order valence-electron chi connectivity index (χ3n) is 4.12. The molecule has 196 valence electrons. The molecule has 0 aliphatic carbocycles. The van der Waals surface area contributed by atoms with Crippen molar-refractivity contribution in [3.8, 4) is 11.8 Å². The molecule has 18 heteroatoms. The lowest BCUT2D eigenvalue weighted by molar-refractivity contribution is -0.384. The van der Waals surface area contributed by atoms with Gasteiger partial charge in [-0.15, -0.1) is 0 Å². The zero-order valence-corrected chi connectivity index (χ0v) is 19.3. The van der Waals surface area contributed by atoms with Crippen molar-refractivity contribution < 1.29 is 41.1 Å². The lowest BCUT2D eigenvalue weighted by Crippen LogP contribution is -2.46. The molecule has 0 radical (unpaired) electrons. The Balaban J connectivity index is 1.93.